The molecule has 0 aromatic carbocycles. The van der Waals surface area contributed by atoms with Gasteiger partial charge in [0.2, 0.25) is 0 Å². The summed E-state index contributed by atoms with van der Waals surface area (Å²) in [5.41, 5.74) is -0.371. The third-order valence-electron chi connectivity index (χ3n) is 2.86. The van der Waals surface area contributed by atoms with E-state index < -0.39 is 0 Å². The zero-order valence-corrected chi connectivity index (χ0v) is 9.05. The van der Waals surface area contributed by atoms with Gasteiger partial charge in [-0.25, -0.2) is 0 Å². The molecule has 2 nitrogen and oxygen atoms in total. The predicted molar refractivity (Wildman–Crippen MR) is 53.7 cm³/mol. The van der Waals surface area contributed by atoms with Crippen LogP contribution in [0.15, 0.2) is 0 Å². The highest BCUT2D eigenvalue weighted by atomic mass is 16.5. The Morgan fingerprint density at radius 1 is 1.46 bits per heavy atom. The minimum atomic E-state index is -0.371. The van der Waals surface area contributed by atoms with Crippen molar-refractivity contribution in [1.82, 2.24) is 0 Å². The van der Waals surface area contributed by atoms with E-state index in [2.05, 4.69) is 0 Å². The molecule has 0 spiro atoms. The molecule has 0 radical (unpaired) electrons. The third-order valence-corrected chi connectivity index (χ3v) is 2.86. The summed E-state index contributed by atoms with van der Waals surface area (Å²) in [6.07, 6.45) is 4.46. The van der Waals surface area contributed by atoms with Crippen molar-refractivity contribution in [1.29, 1.82) is 0 Å². The molecule has 1 atom stereocenters. The fraction of sp³-hybridized carbons (Fsp3) is 1.00. The average molecular weight is 186 g/mol. The summed E-state index contributed by atoms with van der Waals surface area (Å²) in [7, 11) is 0. The van der Waals surface area contributed by atoms with Gasteiger partial charge in [-0.1, -0.05) is 12.8 Å². The lowest BCUT2D eigenvalue weighted by atomic mass is 9.96. The maximum atomic E-state index is 9.86. The third kappa shape index (κ3) is 3.65. The fourth-order valence-corrected chi connectivity index (χ4v) is 1.62. The second-order valence-electron chi connectivity index (χ2n) is 4.57. The molecule has 0 saturated heterocycles. The topological polar surface area (TPSA) is 29.5 Å². The Kier molecular flexibility index (Phi) is 3.74. The van der Waals surface area contributed by atoms with Gasteiger partial charge in [0.25, 0.3) is 0 Å². The first-order chi connectivity index (χ1) is 6.06. The van der Waals surface area contributed by atoms with Gasteiger partial charge in [0, 0.05) is 6.61 Å². The SMILES string of the molecule is CCOC(C)(C)C(O)CCC1CC1. The Morgan fingerprint density at radius 3 is 2.54 bits per heavy atom. The van der Waals surface area contributed by atoms with E-state index in [4.69, 9.17) is 4.74 Å². The summed E-state index contributed by atoms with van der Waals surface area (Å²) in [4.78, 5) is 0. The van der Waals surface area contributed by atoms with Gasteiger partial charge in [-0.15, -0.1) is 0 Å². The van der Waals surface area contributed by atoms with Gasteiger partial charge in [0.05, 0.1) is 11.7 Å². The van der Waals surface area contributed by atoms with Gasteiger partial charge in [0.15, 0.2) is 0 Å². The van der Waals surface area contributed by atoms with E-state index in [-0.39, 0.29) is 11.7 Å². The van der Waals surface area contributed by atoms with Gasteiger partial charge in [0.1, 0.15) is 0 Å². The van der Waals surface area contributed by atoms with Crippen molar-refractivity contribution in [2.24, 2.45) is 5.92 Å². The number of aliphatic hydroxyl groups excluding tert-OH is 1. The van der Waals surface area contributed by atoms with E-state index in [0.29, 0.717) is 6.61 Å². The van der Waals surface area contributed by atoms with Crippen LogP contribution in [0.2, 0.25) is 0 Å². The summed E-state index contributed by atoms with van der Waals surface area (Å²) < 4.78 is 5.49. The van der Waals surface area contributed by atoms with Gasteiger partial charge < -0.3 is 9.84 Å². The van der Waals surface area contributed by atoms with Crippen LogP contribution in [-0.2, 0) is 4.74 Å². The van der Waals surface area contributed by atoms with Crippen LogP contribution in [0, 0.1) is 5.92 Å². The first-order valence-corrected chi connectivity index (χ1v) is 5.38. The number of aliphatic hydroxyl groups is 1. The summed E-state index contributed by atoms with van der Waals surface area (Å²) in [5, 5.41) is 9.86. The molecule has 0 bridgehead atoms. The second kappa shape index (κ2) is 4.43. The Hall–Kier alpha value is -0.0800. The first kappa shape index (κ1) is 11.0. The van der Waals surface area contributed by atoms with E-state index in [0.717, 1.165) is 18.8 Å². The van der Waals surface area contributed by atoms with E-state index in [1.165, 1.54) is 12.8 Å². The van der Waals surface area contributed by atoms with Crippen molar-refractivity contribution in [3.63, 3.8) is 0 Å². The minimum absolute atomic E-state index is 0.312. The smallest absolute Gasteiger partial charge is 0.0884 e. The molecule has 0 heterocycles. The molecule has 1 N–H and O–H groups in total. The molecular weight excluding hydrogens is 164 g/mol. The van der Waals surface area contributed by atoms with Crippen LogP contribution in [-0.4, -0.2) is 23.4 Å². The van der Waals surface area contributed by atoms with Gasteiger partial charge >= 0.3 is 0 Å². The van der Waals surface area contributed by atoms with Crippen molar-refractivity contribution in [3.8, 4) is 0 Å². The molecule has 2 heteroatoms. The van der Waals surface area contributed by atoms with Crippen LogP contribution in [0.1, 0.15) is 46.5 Å². The van der Waals surface area contributed by atoms with Crippen LogP contribution in [0.4, 0.5) is 0 Å². The van der Waals surface area contributed by atoms with Crippen molar-refractivity contribution in [2.45, 2.75) is 58.2 Å². The highest BCUT2D eigenvalue weighted by Crippen LogP contribution is 2.35. The van der Waals surface area contributed by atoms with Gasteiger partial charge in [-0.3, -0.25) is 0 Å². The molecule has 1 fully saturated rings. The molecule has 1 unspecified atom stereocenters. The summed E-state index contributed by atoms with van der Waals surface area (Å²) >= 11 is 0. The zero-order valence-electron chi connectivity index (χ0n) is 9.05. The molecule has 1 aliphatic carbocycles. The molecule has 1 saturated carbocycles. The first-order valence-electron chi connectivity index (χ1n) is 5.38. The van der Waals surface area contributed by atoms with Crippen molar-refractivity contribution in [2.75, 3.05) is 6.61 Å². The Morgan fingerprint density at radius 2 is 2.08 bits per heavy atom. The largest absolute Gasteiger partial charge is 0.390 e. The molecule has 0 aromatic heterocycles. The summed E-state index contributed by atoms with van der Waals surface area (Å²) in [6, 6.07) is 0. The summed E-state index contributed by atoms with van der Waals surface area (Å²) in [5.74, 6) is 0.895. The Balaban J connectivity index is 2.21. The molecular formula is C11H22O2. The van der Waals surface area contributed by atoms with Crippen LogP contribution in [0.3, 0.4) is 0 Å². The van der Waals surface area contributed by atoms with Crippen LogP contribution < -0.4 is 0 Å². The highest BCUT2D eigenvalue weighted by molar-refractivity contribution is 4.82. The monoisotopic (exact) mass is 186 g/mol. The molecule has 78 valence electrons. The van der Waals surface area contributed by atoms with Crippen LogP contribution in [0.5, 0.6) is 0 Å². The Bertz CT molecular complexity index is 150. The highest BCUT2D eigenvalue weighted by Gasteiger charge is 2.30. The lowest BCUT2D eigenvalue weighted by Gasteiger charge is -2.30. The molecule has 0 aromatic rings. The lowest BCUT2D eigenvalue weighted by Crippen LogP contribution is -2.39. The van der Waals surface area contributed by atoms with Gasteiger partial charge in [-0.2, -0.15) is 0 Å². The van der Waals surface area contributed by atoms with E-state index in [1.807, 2.05) is 20.8 Å². The average Bonchev–Trinajstić information content (AvgIpc) is 2.83. The van der Waals surface area contributed by atoms with Crippen molar-refractivity contribution >= 4 is 0 Å². The van der Waals surface area contributed by atoms with E-state index in [9.17, 15) is 5.11 Å². The molecule has 1 aliphatic rings. The van der Waals surface area contributed by atoms with Gasteiger partial charge in [-0.05, 0) is 39.5 Å². The lowest BCUT2D eigenvalue weighted by molar-refractivity contribution is -0.0994. The van der Waals surface area contributed by atoms with E-state index >= 15 is 0 Å². The quantitative estimate of drug-likeness (QED) is 0.690. The molecule has 0 aliphatic heterocycles. The van der Waals surface area contributed by atoms with Crippen molar-refractivity contribution < 1.29 is 9.84 Å². The Labute approximate surface area is 81.3 Å². The molecule has 1 rings (SSSR count). The number of ether oxygens (including phenoxy) is 1. The molecule has 0 amide bonds. The number of hydrogen-bond donors (Lipinski definition) is 1. The van der Waals surface area contributed by atoms with Crippen LogP contribution >= 0.6 is 0 Å². The number of rotatable bonds is 6. The molecule has 13 heavy (non-hydrogen) atoms. The van der Waals surface area contributed by atoms with E-state index in [1.54, 1.807) is 0 Å². The minimum Gasteiger partial charge on any atom is -0.390 e. The second-order valence-corrected chi connectivity index (χ2v) is 4.57. The normalized spacial score (nSPS) is 20.3. The summed E-state index contributed by atoms with van der Waals surface area (Å²) in [6.45, 7) is 6.57. The maximum Gasteiger partial charge on any atom is 0.0884 e. The number of hydrogen-bond acceptors (Lipinski definition) is 2. The predicted octanol–water partition coefficient (Wildman–Crippen LogP) is 2.35. The van der Waals surface area contributed by atoms with Crippen LogP contribution in [0.25, 0.3) is 0 Å². The maximum absolute atomic E-state index is 9.86. The van der Waals surface area contributed by atoms with Crippen molar-refractivity contribution in [3.05, 3.63) is 0 Å². The fourth-order valence-electron chi connectivity index (χ4n) is 1.62. The zero-order chi connectivity index (χ0) is 9.90. The standard InChI is InChI=1S/C11H22O2/c1-4-13-11(2,3)10(12)8-7-9-5-6-9/h9-10,12H,4-8H2,1-3H3.